The molecular weight excluding hydrogens is 663 g/mol. The van der Waals surface area contributed by atoms with E-state index in [4.69, 9.17) is 26.8 Å². The number of aliphatic carboxylic acids is 1. The Kier molecular flexibility index (Phi) is 10.1. The Morgan fingerprint density at radius 1 is 1.02 bits per heavy atom. The first-order valence-electron chi connectivity index (χ1n) is 15.6. The van der Waals surface area contributed by atoms with Gasteiger partial charge in [0.2, 0.25) is 0 Å². The zero-order valence-corrected chi connectivity index (χ0v) is 29.3. The van der Waals surface area contributed by atoms with Crippen LogP contribution in [0.2, 0.25) is 5.02 Å². The minimum Gasteiger partial charge on any atom is -0.481 e. The number of alkyl halides is 3. The van der Waals surface area contributed by atoms with Crippen molar-refractivity contribution in [3.8, 4) is 21.7 Å². The summed E-state index contributed by atoms with van der Waals surface area (Å²) in [6.45, 7) is 9.80. The largest absolute Gasteiger partial charge is 0.481 e. The summed E-state index contributed by atoms with van der Waals surface area (Å²) in [5.41, 5.74) is 5.36. The molecule has 1 saturated heterocycles. The second kappa shape index (κ2) is 13.7. The Hall–Kier alpha value is -3.71. The van der Waals surface area contributed by atoms with Gasteiger partial charge in [-0.3, -0.25) is 14.4 Å². The van der Waals surface area contributed by atoms with E-state index >= 15 is 0 Å². The van der Waals surface area contributed by atoms with E-state index in [-0.39, 0.29) is 6.42 Å². The fourth-order valence-corrected chi connectivity index (χ4v) is 7.06. The second-order valence-electron chi connectivity index (χ2n) is 13.1. The number of carbonyl (C=O) groups is 1. The fourth-order valence-electron chi connectivity index (χ4n) is 5.80. The number of carboxylic acid groups (broad SMARTS) is 1. The highest BCUT2D eigenvalue weighted by atomic mass is 35.5. The zero-order valence-electron chi connectivity index (χ0n) is 27.7. The molecule has 0 spiro atoms. The molecule has 1 fully saturated rings. The van der Waals surface area contributed by atoms with Gasteiger partial charge in [0.25, 0.3) is 0 Å². The average molecular weight is 702 g/mol. The number of benzene rings is 3. The van der Waals surface area contributed by atoms with E-state index in [0.29, 0.717) is 31.2 Å². The van der Waals surface area contributed by atoms with Crippen LogP contribution in [0.1, 0.15) is 38.8 Å². The lowest BCUT2D eigenvalue weighted by molar-refractivity contribution is -0.179. The number of halogens is 4. The summed E-state index contributed by atoms with van der Waals surface area (Å²) in [4.78, 5) is 20.3. The van der Waals surface area contributed by atoms with Crippen molar-refractivity contribution in [3.63, 3.8) is 0 Å². The van der Waals surface area contributed by atoms with E-state index in [9.17, 15) is 23.1 Å². The number of anilines is 1. The summed E-state index contributed by atoms with van der Waals surface area (Å²) in [7, 11) is 1.86. The highest BCUT2D eigenvalue weighted by Gasteiger charge is 2.41. The first-order valence-corrected chi connectivity index (χ1v) is 16.8. The van der Waals surface area contributed by atoms with E-state index in [1.54, 1.807) is 37.6 Å². The van der Waals surface area contributed by atoms with Crippen LogP contribution >= 0.6 is 22.9 Å². The number of rotatable bonds is 6. The van der Waals surface area contributed by atoms with Gasteiger partial charge in [-0.05, 0) is 87.7 Å². The Morgan fingerprint density at radius 2 is 1.62 bits per heavy atom. The molecule has 2 aromatic heterocycles. The van der Waals surface area contributed by atoms with E-state index in [1.807, 2.05) is 55.3 Å². The molecule has 13 heteroatoms. The molecule has 5 aromatic rings. The van der Waals surface area contributed by atoms with Crippen LogP contribution in [0.25, 0.3) is 42.8 Å². The third-order valence-electron chi connectivity index (χ3n) is 8.19. The smallest absolute Gasteiger partial charge is 0.403 e. The molecule has 0 amide bonds. The van der Waals surface area contributed by atoms with Crippen LogP contribution in [0.3, 0.4) is 0 Å². The highest BCUT2D eigenvalue weighted by Crippen LogP contribution is 2.42. The molecule has 1 aliphatic heterocycles. The van der Waals surface area contributed by atoms with E-state index in [0.717, 1.165) is 59.8 Å². The van der Waals surface area contributed by atoms with Gasteiger partial charge in [-0.2, -0.15) is 18.3 Å². The normalized spacial score (nSPS) is 15.1. The van der Waals surface area contributed by atoms with Gasteiger partial charge < -0.3 is 15.1 Å². The van der Waals surface area contributed by atoms with Crippen LogP contribution in [0.4, 0.5) is 19.0 Å². The number of aliphatic hydroxyl groups is 1. The van der Waals surface area contributed by atoms with Gasteiger partial charge in [0.1, 0.15) is 11.0 Å². The van der Waals surface area contributed by atoms with Crippen LogP contribution in [0.15, 0.2) is 48.5 Å². The number of nitrogens with zero attached hydrogens (tertiary/aromatic N) is 5. The van der Waals surface area contributed by atoms with Crippen molar-refractivity contribution in [2.24, 2.45) is 7.05 Å². The fraction of sp³-hybridized carbons (Fsp3) is 0.400. The minimum atomic E-state index is -4.26. The van der Waals surface area contributed by atoms with Crippen LogP contribution < -0.4 is 4.90 Å². The number of thiazole rings is 1. The van der Waals surface area contributed by atoms with Crippen LogP contribution in [-0.2, 0) is 18.3 Å². The molecule has 0 saturated carbocycles. The summed E-state index contributed by atoms with van der Waals surface area (Å²) in [6, 6.07) is 13.8. The summed E-state index contributed by atoms with van der Waals surface area (Å²) in [5.74, 6) is -0.174. The molecule has 3 heterocycles. The highest BCUT2D eigenvalue weighted by molar-refractivity contribution is 7.22. The van der Waals surface area contributed by atoms with Crippen molar-refractivity contribution >= 4 is 55.8 Å². The summed E-state index contributed by atoms with van der Waals surface area (Å²) in [5, 5.41) is 25.2. The molecular formula is C35H39ClF3N5O3S. The molecule has 0 bridgehead atoms. The van der Waals surface area contributed by atoms with Gasteiger partial charge in [0.05, 0.1) is 27.8 Å². The lowest BCUT2D eigenvalue weighted by atomic mass is 9.93. The van der Waals surface area contributed by atoms with Crippen molar-refractivity contribution in [1.29, 1.82) is 0 Å². The number of aryl methyl sites for hydroxylation is 2. The lowest BCUT2D eigenvalue weighted by Crippen LogP contribution is -2.53. The van der Waals surface area contributed by atoms with Crippen molar-refractivity contribution < 1.29 is 28.2 Å². The molecule has 6 rings (SSSR count). The van der Waals surface area contributed by atoms with Gasteiger partial charge in [-0.15, -0.1) is 11.3 Å². The molecule has 3 aromatic carbocycles. The molecule has 48 heavy (non-hydrogen) atoms. The van der Waals surface area contributed by atoms with Crippen molar-refractivity contribution in [2.45, 2.75) is 58.9 Å². The molecule has 1 aliphatic rings. The Bertz CT molecular complexity index is 1940. The summed E-state index contributed by atoms with van der Waals surface area (Å²) in [6.07, 6.45) is -4.38. The van der Waals surface area contributed by atoms with Gasteiger partial charge in [0, 0.05) is 54.8 Å². The monoisotopic (exact) mass is 701 g/mol. The number of carboxylic acids is 1. The molecule has 2 N–H and O–H groups in total. The van der Waals surface area contributed by atoms with Crippen LogP contribution in [-0.4, -0.2) is 79.8 Å². The summed E-state index contributed by atoms with van der Waals surface area (Å²) < 4.78 is 42.5. The average Bonchev–Trinajstić information content (AvgIpc) is 3.57. The maximum Gasteiger partial charge on any atom is 0.403 e. The van der Waals surface area contributed by atoms with E-state index in [1.165, 1.54) is 23.2 Å². The number of hydrogen-bond acceptors (Lipinski definition) is 7. The van der Waals surface area contributed by atoms with Crippen LogP contribution in [0, 0.1) is 6.92 Å². The quantitative estimate of drug-likeness (QED) is 0.186. The minimum absolute atomic E-state index is 0.118. The predicted molar refractivity (Wildman–Crippen MR) is 187 cm³/mol. The third kappa shape index (κ3) is 7.94. The molecule has 8 nitrogen and oxygen atoms in total. The van der Waals surface area contributed by atoms with Crippen LogP contribution in [0.5, 0.6) is 0 Å². The maximum atomic E-state index is 13.3. The first-order chi connectivity index (χ1) is 22.4. The Balaban J connectivity index is 0.000000840. The van der Waals surface area contributed by atoms with Crippen molar-refractivity contribution in [1.82, 2.24) is 19.7 Å². The molecule has 0 radical (unpaired) electrons. The zero-order chi connectivity index (χ0) is 35.1. The van der Waals surface area contributed by atoms with Gasteiger partial charge in [0.15, 0.2) is 5.82 Å². The number of hydrogen-bond donors (Lipinski definition) is 2. The van der Waals surface area contributed by atoms with Gasteiger partial charge in [-0.25, -0.2) is 4.98 Å². The number of fused-ring (bicyclic) bond motifs is 2. The Morgan fingerprint density at radius 3 is 2.21 bits per heavy atom. The number of piperazine rings is 1. The topological polar surface area (TPSA) is 94.7 Å². The second-order valence-corrected chi connectivity index (χ2v) is 14.5. The standard InChI is InChI=1S/C31H29ClF3N5O2S.C4H10O/c1-17-14-24-28(27(22(17)16-26(41)42)19-4-7-21(32)8-5-19)43-30(36-24)20-6-9-25-23(15-20)29(37-38(25)3)40-12-10-39(11-13-40)18(2)31(33,34)35;1-4(2,3)5/h4-9,14-15,18H,10-13,16H2,1-3H3,(H,41,42);5H,1-3H3. The summed E-state index contributed by atoms with van der Waals surface area (Å²) >= 11 is 7.65. The number of aromatic nitrogens is 3. The maximum absolute atomic E-state index is 13.3. The Labute approximate surface area is 286 Å². The van der Waals surface area contributed by atoms with Crippen molar-refractivity contribution in [3.05, 3.63) is 64.7 Å². The molecule has 0 aliphatic carbocycles. The third-order valence-corrected chi connectivity index (χ3v) is 9.58. The van der Waals surface area contributed by atoms with Gasteiger partial charge >= 0.3 is 12.1 Å². The van der Waals surface area contributed by atoms with Gasteiger partial charge in [-0.1, -0.05) is 23.7 Å². The van der Waals surface area contributed by atoms with Crippen molar-refractivity contribution in [2.75, 3.05) is 31.1 Å². The van der Waals surface area contributed by atoms with E-state index < -0.39 is 23.8 Å². The molecule has 256 valence electrons. The van der Waals surface area contributed by atoms with E-state index in [2.05, 4.69) is 0 Å². The first kappa shape index (κ1) is 35.6. The molecule has 1 unspecified atom stereocenters. The predicted octanol–water partition coefficient (Wildman–Crippen LogP) is 7.96. The molecule has 1 atom stereocenters. The SMILES string of the molecule is CC(C)(C)O.Cc1cc2nc(-c3ccc4c(c3)c(N3CCN(C(C)C(F)(F)F)CC3)nn4C)sc2c(-c2ccc(Cl)cc2)c1CC(=O)O. The lowest BCUT2D eigenvalue weighted by Gasteiger charge is -2.38.